The van der Waals surface area contributed by atoms with Gasteiger partial charge < -0.3 is 4.74 Å². The third-order valence-corrected chi connectivity index (χ3v) is 3.75. The SMILES string of the molecule is CC(=O)[C@]1(C)[C@H](C)N1C(=O)OCc1ccccc1. The lowest BCUT2D eigenvalue weighted by Gasteiger charge is -2.09. The van der Waals surface area contributed by atoms with Crippen molar-refractivity contribution in [3.8, 4) is 0 Å². The van der Waals surface area contributed by atoms with E-state index in [4.69, 9.17) is 4.74 Å². The summed E-state index contributed by atoms with van der Waals surface area (Å²) in [6.45, 7) is 5.35. The Balaban J connectivity index is 1.93. The van der Waals surface area contributed by atoms with Gasteiger partial charge >= 0.3 is 6.09 Å². The van der Waals surface area contributed by atoms with E-state index in [2.05, 4.69) is 0 Å². The maximum absolute atomic E-state index is 11.9. The second kappa shape index (κ2) is 4.44. The van der Waals surface area contributed by atoms with Crippen LogP contribution in [-0.2, 0) is 16.1 Å². The molecule has 1 aromatic rings. The van der Waals surface area contributed by atoms with Crippen LogP contribution in [0.5, 0.6) is 0 Å². The summed E-state index contributed by atoms with van der Waals surface area (Å²) in [5.41, 5.74) is 0.248. The van der Waals surface area contributed by atoms with Crippen LogP contribution in [0.1, 0.15) is 26.3 Å². The van der Waals surface area contributed by atoms with Gasteiger partial charge in [0.15, 0.2) is 5.78 Å². The van der Waals surface area contributed by atoms with Gasteiger partial charge in [0.2, 0.25) is 0 Å². The Morgan fingerprint density at radius 2 is 1.94 bits per heavy atom. The standard InChI is InChI=1S/C14H17NO3/c1-10-14(3,11(2)16)15(10)13(17)18-9-12-7-5-4-6-8-12/h4-8,10H,9H2,1-3H3/t10-,14-,15?/m0/s1. The summed E-state index contributed by atoms with van der Waals surface area (Å²) in [4.78, 5) is 24.8. The maximum atomic E-state index is 11.9. The molecule has 1 aliphatic rings. The topological polar surface area (TPSA) is 46.4 Å². The summed E-state index contributed by atoms with van der Waals surface area (Å²) in [6.07, 6.45) is -0.427. The van der Waals surface area contributed by atoms with Crippen molar-refractivity contribution in [2.24, 2.45) is 0 Å². The summed E-state index contributed by atoms with van der Waals surface area (Å²) in [5.74, 6) is -0.00772. The smallest absolute Gasteiger partial charge is 0.411 e. The summed E-state index contributed by atoms with van der Waals surface area (Å²) < 4.78 is 5.20. The number of carbonyl (C=O) groups is 2. The lowest BCUT2D eigenvalue weighted by Crippen LogP contribution is -2.27. The Hall–Kier alpha value is -1.84. The van der Waals surface area contributed by atoms with Gasteiger partial charge in [0, 0.05) is 0 Å². The largest absolute Gasteiger partial charge is 0.445 e. The molecule has 1 aromatic carbocycles. The first-order valence-corrected chi connectivity index (χ1v) is 5.99. The van der Waals surface area contributed by atoms with Gasteiger partial charge in [0.25, 0.3) is 0 Å². The second-order valence-corrected chi connectivity index (χ2v) is 4.79. The number of benzene rings is 1. The Bertz CT molecular complexity index is 471. The van der Waals surface area contributed by atoms with Crippen molar-refractivity contribution in [3.63, 3.8) is 0 Å². The van der Waals surface area contributed by atoms with Gasteiger partial charge in [-0.25, -0.2) is 4.79 Å². The molecule has 4 heteroatoms. The Labute approximate surface area is 107 Å². The molecule has 18 heavy (non-hydrogen) atoms. The number of hydrogen-bond donors (Lipinski definition) is 0. The lowest BCUT2D eigenvalue weighted by molar-refractivity contribution is -0.119. The molecule has 1 saturated heterocycles. The van der Waals surface area contributed by atoms with E-state index in [-0.39, 0.29) is 18.4 Å². The summed E-state index contributed by atoms with van der Waals surface area (Å²) in [5, 5.41) is 0. The number of hydrogen-bond acceptors (Lipinski definition) is 3. The molecular weight excluding hydrogens is 230 g/mol. The number of rotatable bonds is 3. The first-order chi connectivity index (χ1) is 8.48. The van der Waals surface area contributed by atoms with Crippen LogP contribution in [0.3, 0.4) is 0 Å². The van der Waals surface area contributed by atoms with Gasteiger partial charge in [-0.2, -0.15) is 0 Å². The second-order valence-electron chi connectivity index (χ2n) is 4.79. The normalized spacial score (nSPS) is 25.7. The first kappa shape index (κ1) is 12.6. The van der Waals surface area contributed by atoms with Crippen molar-refractivity contribution in [3.05, 3.63) is 35.9 Å². The first-order valence-electron chi connectivity index (χ1n) is 5.99. The van der Waals surface area contributed by atoms with Gasteiger partial charge in [-0.1, -0.05) is 30.3 Å². The molecule has 0 bridgehead atoms. The average molecular weight is 247 g/mol. The molecule has 1 amide bonds. The molecule has 0 aromatic heterocycles. The van der Waals surface area contributed by atoms with Crippen molar-refractivity contribution in [1.29, 1.82) is 0 Å². The zero-order valence-corrected chi connectivity index (χ0v) is 10.8. The van der Waals surface area contributed by atoms with E-state index in [0.717, 1.165) is 5.56 Å². The highest BCUT2D eigenvalue weighted by molar-refractivity contribution is 5.95. The number of Topliss-reactive ketones (excluding diaryl/α,β-unsaturated/α-hetero) is 1. The van der Waals surface area contributed by atoms with Crippen molar-refractivity contribution in [2.75, 3.05) is 0 Å². The van der Waals surface area contributed by atoms with E-state index in [0.29, 0.717) is 0 Å². The Kier molecular flexibility index (Phi) is 3.11. The van der Waals surface area contributed by atoms with Crippen LogP contribution < -0.4 is 0 Å². The molecule has 96 valence electrons. The van der Waals surface area contributed by atoms with Crippen molar-refractivity contribution >= 4 is 11.9 Å². The predicted molar refractivity (Wildman–Crippen MR) is 67.0 cm³/mol. The molecule has 2 rings (SSSR count). The molecular formula is C14H17NO3. The fourth-order valence-corrected chi connectivity index (χ4v) is 2.16. The van der Waals surface area contributed by atoms with Crippen molar-refractivity contribution in [2.45, 2.75) is 39.0 Å². The molecule has 0 spiro atoms. The summed E-state index contributed by atoms with van der Waals surface area (Å²) in [6, 6.07) is 9.39. The lowest BCUT2D eigenvalue weighted by atomic mass is 10.0. The number of carbonyl (C=O) groups excluding carboxylic acids is 2. The molecule has 0 unspecified atom stereocenters. The number of nitrogens with zero attached hydrogens (tertiary/aromatic N) is 1. The molecule has 0 N–H and O–H groups in total. The van der Waals surface area contributed by atoms with E-state index in [1.807, 2.05) is 37.3 Å². The van der Waals surface area contributed by atoms with Crippen LogP contribution in [0.2, 0.25) is 0 Å². The van der Waals surface area contributed by atoms with Crippen LogP contribution >= 0.6 is 0 Å². The van der Waals surface area contributed by atoms with Gasteiger partial charge in [-0.05, 0) is 26.3 Å². The van der Waals surface area contributed by atoms with E-state index in [1.165, 1.54) is 11.8 Å². The van der Waals surface area contributed by atoms with Crippen molar-refractivity contribution < 1.29 is 14.3 Å². The minimum absolute atomic E-state index is 0.00772. The van der Waals surface area contributed by atoms with Crippen LogP contribution in [0.25, 0.3) is 0 Å². The Morgan fingerprint density at radius 1 is 1.33 bits per heavy atom. The monoisotopic (exact) mass is 247 g/mol. The van der Waals surface area contributed by atoms with Crippen molar-refractivity contribution in [1.82, 2.24) is 4.90 Å². The van der Waals surface area contributed by atoms with Gasteiger partial charge in [-0.15, -0.1) is 0 Å². The fraction of sp³-hybridized carbons (Fsp3) is 0.429. The van der Waals surface area contributed by atoms with E-state index in [9.17, 15) is 9.59 Å². The highest BCUT2D eigenvalue weighted by Crippen LogP contribution is 2.41. The number of amides is 1. The zero-order chi connectivity index (χ0) is 13.3. The summed E-state index contributed by atoms with van der Waals surface area (Å²) >= 11 is 0. The molecule has 0 saturated carbocycles. The van der Waals surface area contributed by atoms with Crippen LogP contribution in [0.15, 0.2) is 30.3 Å². The highest BCUT2D eigenvalue weighted by Gasteiger charge is 2.63. The average Bonchev–Trinajstić information content (AvgIpc) is 2.92. The van der Waals surface area contributed by atoms with Gasteiger partial charge in [-0.3, -0.25) is 9.69 Å². The third kappa shape index (κ3) is 1.98. The van der Waals surface area contributed by atoms with E-state index >= 15 is 0 Å². The molecule has 1 heterocycles. The molecule has 0 radical (unpaired) electrons. The minimum Gasteiger partial charge on any atom is -0.445 e. The van der Waals surface area contributed by atoms with Crippen LogP contribution in [0, 0.1) is 0 Å². The molecule has 4 nitrogen and oxygen atoms in total. The van der Waals surface area contributed by atoms with Crippen LogP contribution in [0.4, 0.5) is 4.79 Å². The molecule has 0 aliphatic carbocycles. The zero-order valence-electron chi connectivity index (χ0n) is 10.8. The highest BCUT2D eigenvalue weighted by atomic mass is 16.6. The Morgan fingerprint density at radius 3 is 2.44 bits per heavy atom. The maximum Gasteiger partial charge on any atom is 0.411 e. The third-order valence-electron chi connectivity index (χ3n) is 3.75. The number of ketones is 1. The predicted octanol–water partition coefficient (Wildman–Crippen LogP) is 2.38. The van der Waals surface area contributed by atoms with E-state index in [1.54, 1.807) is 6.92 Å². The minimum atomic E-state index is -0.687. The molecule has 1 aliphatic heterocycles. The van der Waals surface area contributed by atoms with Gasteiger partial charge in [0.05, 0.1) is 6.04 Å². The van der Waals surface area contributed by atoms with Gasteiger partial charge in [0.1, 0.15) is 12.1 Å². The summed E-state index contributed by atoms with van der Waals surface area (Å²) in [7, 11) is 0. The molecule has 2 atom stereocenters. The van der Waals surface area contributed by atoms with E-state index < -0.39 is 11.6 Å². The molecule has 1 fully saturated rings. The quantitative estimate of drug-likeness (QED) is 0.770. The number of ether oxygens (including phenoxy) is 1. The fourth-order valence-electron chi connectivity index (χ4n) is 2.16. The van der Waals surface area contributed by atoms with Crippen LogP contribution in [-0.4, -0.2) is 28.4 Å².